The number of nitrogens with one attached hydrogen (secondary N) is 1. The van der Waals surface area contributed by atoms with Gasteiger partial charge in [0.1, 0.15) is 6.10 Å². The van der Waals surface area contributed by atoms with Crippen molar-refractivity contribution in [2.45, 2.75) is 31.9 Å². The van der Waals surface area contributed by atoms with Gasteiger partial charge in [-0.3, -0.25) is 19.6 Å². The van der Waals surface area contributed by atoms with E-state index in [9.17, 15) is 14.4 Å². The highest BCUT2D eigenvalue weighted by Crippen LogP contribution is 2.16. The number of carbonyl (C=O) groups is 1. The van der Waals surface area contributed by atoms with E-state index in [-0.39, 0.29) is 25.0 Å². The molecule has 1 atom stereocenters. The Morgan fingerprint density at radius 1 is 1.36 bits per heavy atom. The third-order valence-corrected chi connectivity index (χ3v) is 4.02. The minimum Gasteiger partial charge on any atom is -0.471 e. The fourth-order valence-corrected chi connectivity index (χ4v) is 2.77. The zero-order valence-electron chi connectivity index (χ0n) is 13.6. The Balaban J connectivity index is 1.54. The number of nitrogens with zero attached hydrogens (tertiary/aromatic N) is 4. The molecule has 0 saturated carbocycles. The van der Waals surface area contributed by atoms with Gasteiger partial charge < -0.3 is 14.2 Å². The Morgan fingerprint density at radius 3 is 3.00 bits per heavy atom. The first-order chi connectivity index (χ1) is 12.1. The van der Waals surface area contributed by atoms with Crippen molar-refractivity contribution in [1.82, 2.24) is 24.4 Å². The van der Waals surface area contributed by atoms with Crippen molar-refractivity contribution >= 4 is 5.91 Å². The van der Waals surface area contributed by atoms with Crippen molar-refractivity contribution < 1.29 is 9.53 Å². The minimum atomic E-state index is -0.511. The molecule has 1 fully saturated rings. The van der Waals surface area contributed by atoms with Crippen molar-refractivity contribution in [2.75, 3.05) is 13.1 Å². The molecule has 9 nitrogen and oxygen atoms in total. The van der Waals surface area contributed by atoms with Crippen LogP contribution in [0.2, 0.25) is 0 Å². The van der Waals surface area contributed by atoms with Crippen LogP contribution in [0, 0.1) is 0 Å². The highest BCUT2D eigenvalue weighted by molar-refractivity contribution is 5.76. The molecule has 0 bridgehead atoms. The Morgan fingerprint density at radius 2 is 2.24 bits per heavy atom. The molecule has 1 N–H and O–H groups in total. The molecule has 2 aromatic heterocycles. The highest BCUT2D eigenvalue weighted by Gasteiger charge is 2.25. The number of aromatic nitrogens is 4. The maximum atomic E-state index is 12.4. The molecule has 1 aliphatic rings. The lowest BCUT2D eigenvalue weighted by atomic mass is 10.1. The molecule has 0 radical (unpaired) electrons. The number of rotatable bonds is 5. The number of amides is 1. The van der Waals surface area contributed by atoms with Crippen LogP contribution in [-0.2, 0) is 11.3 Å². The summed E-state index contributed by atoms with van der Waals surface area (Å²) in [4.78, 5) is 47.0. The zero-order valence-corrected chi connectivity index (χ0v) is 13.6. The van der Waals surface area contributed by atoms with Gasteiger partial charge in [-0.25, -0.2) is 9.78 Å². The molecular formula is C16H19N5O4. The largest absolute Gasteiger partial charge is 0.471 e. The summed E-state index contributed by atoms with van der Waals surface area (Å²) in [5.41, 5.74) is -0.963. The van der Waals surface area contributed by atoms with Gasteiger partial charge in [-0.1, -0.05) is 0 Å². The van der Waals surface area contributed by atoms with Crippen molar-refractivity contribution in [2.24, 2.45) is 0 Å². The molecule has 1 saturated heterocycles. The lowest BCUT2D eigenvalue weighted by Crippen LogP contribution is -2.45. The van der Waals surface area contributed by atoms with E-state index in [2.05, 4.69) is 15.0 Å². The normalized spacial score (nSPS) is 17.3. The molecule has 1 amide bonds. The fraction of sp³-hybridized carbons (Fsp3) is 0.438. The number of piperidine rings is 1. The van der Waals surface area contributed by atoms with Gasteiger partial charge in [0.15, 0.2) is 0 Å². The molecule has 0 aromatic carbocycles. The number of aryl methyl sites for hydroxylation is 1. The molecule has 2 aromatic rings. The van der Waals surface area contributed by atoms with Crippen LogP contribution in [0.25, 0.3) is 0 Å². The Hall–Kier alpha value is -2.97. The summed E-state index contributed by atoms with van der Waals surface area (Å²) in [6, 6.07) is 1.26. The lowest BCUT2D eigenvalue weighted by molar-refractivity contribution is -0.134. The topological polar surface area (TPSA) is 110 Å². The third-order valence-electron chi connectivity index (χ3n) is 4.02. The number of aromatic amines is 1. The number of likely N-dealkylation sites (tertiary alicyclic amines) is 1. The predicted octanol–water partition coefficient (Wildman–Crippen LogP) is -0.213. The maximum absolute atomic E-state index is 12.4. The van der Waals surface area contributed by atoms with Crippen LogP contribution < -0.4 is 16.0 Å². The SMILES string of the molecule is O=C(CCn1ccc(=O)[nH]c1=O)N1CCCC(Oc2cnccn2)C1. The minimum absolute atomic E-state index is 0.0504. The van der Waals surface area contributed by atoms with E-state index in [4.69, 9.17) is 4.74 Å². The molecule has 3 rings (SSSR count). The second-order valence-corrected chi connectivity index (χ2v) is 5.82. The zero-order chi connectivity index (χ0) is 17.6. The number of carbonyl (C=O) groups excluding carboxylic acids is 1. The lowest BCUT2D eigenvalue weighted by Gasteiger charge is -2.32. The maximum Gasteiger partial charge on any atom is 0.328 e. The number of hydrogen-bond acceptors (Lipinski definition) is 6. The predicted molar refractivity (Wildman–Crippen MR) is 88.2 cm³/mol. The summed E-state index contributed by atoms with van der Waals surface area (Å²) in [5.74, 6) is 0.395. The van der Waals surface area contributed by atoms with E-state index in [0.717, 1.165) is 12.8 Å². The third kappa shape index (κ3) is 4.52. The average Bonchev–Trinajstić information content (AvgIpc) is 2.62. The second kappa shape index (κ2) is 7.73. The van der Waals surface area contributed by atoms with Gasteiger partial charge in [-0.15, -0.1) is 0 Å². The van der Waals surface area contributed by atoms with E-state index < -0.39 is 11.2 Å². The first kappa shape index (κ1) is 16.9. The molecule has 0 spiro atoms. The summed E-state index contributed by atoms with van der Waals surface area (Å²) in [6.07, 6.45) is 7.82. The summed E-state index contributed by atoms with van der Waals surface area (Å²) in [7, 11) is 0. The van der Waals surface area contributed by atoms with Crippen LogP contribution in [-0.4, -0.2) is 49.5 Å². The molecule has 9 heteroatoms. The first-order valence-corrected chi connectivity index (χ1v) is 8.12. The molecular weight excluding hydrogens is 326 g/mol. The van der Waals surface area contributed by atoms with E-state index in [1.54, 1.807) is 23.5 Å². The quantitative estimate of drug-likeness (QED) is 0.803. The van der Waals surface area contributed by atoms with Crippen molar-refractivity contribution in [3.63, 3.8) is 0 Å². The number of hydrogen-bond donors (Lipinski definition) is 1. The van der Waals surface area contributed by atoms with Crippen LogP contribution in [0.15, 0.2) is 40.4 Å². The van der Waals surface area contributed by atoms with Crippen LogP contribution in [0.5, 0.6) is 5.88 Å². The van der Waals surface area contributed by atoms with Crippen molar-refractivity contribution in [1.29, 1.82) is 0 Å². The molecule has 1 aliphatic heterocycles. The van der Waals surface area contributed by atoms with Crippen molar-refractivity contribution in [3.8, 4) is 5.88 Å². The van der Waals surface area contributed by atoms with Gasteiger partial charge in [0.2, 0.25) is 11.8 Å². The fourth-order valence-electron chi connectivity index (χ4n) is 2.77. The second-order valence-electron chi connectivity index (χ2n) is 5.82. The van der Waals surface area contributed by atoms with Crippen LogP contribution >= 0.6 is 0 Å². The standard InChI is InChI=1S/C16H19N5O4/c22-13-3-8-20(16(24)19-13)9-4-15(23)21-7-1-2-12(11-21)25-14-10-17-5-6-18-14/h3,5-6,8,10,12H,1-2,4,7,9,11H2,(H,19,22,24). The monoisotopic (exact) mass is 345 g/mol. The van der Waals surface area contributed by atoms with E-state index in [1.165, 1.54) is 16.8 Å². The van der Waals surface area contributed by atoms with Crippen LogP contribution in [0.1, 0.15) is 19.3 Å². The molecule has 132 valence electrons. The molecule has 3 heterocycles. The summed E-state index contributed by atoms with van der Waals surface area (Å²) in [5, 5.41) is 0. The molecule has 25 heavy (non-hydrogen) atoms. The average molecular weight is 345 g/mol. The van der Waals surface area contributed by atoms with Crippen LogP contribution in [0.4, 0.5) is 0 Å². The molecule has 0 aliphatic carbocycles. The molecule has 1 unspecified atom stereocenters. The van der Waals surface area contributed by atoms with Crippen LogP contribution in [0.3, 0.4) is 0 Å². The summed E-state index contributed by atoms with van der Waals surface area (Å²) < 4.78 is 7.08. The van der Waals surface area contributed by atoms with Gasteiger partial charge in [0.05, 0.1) is 12.7 Å². The van der Waals surface area contributed by atoms with Gasteiger partial charge in [0.25, 0.3) is 5.56 Å². The van der Waals surface area contributed by atoms with Gasteiger partial charge in [-0.05, 0) is 12.8 Å². The Kier molecular flexibility index (Phi) is 5.22. The smallest absolute Gasteiger partial charge is 0.328 e. The highest BCUT2D eigenvalue weighted by atomic mass is 16.5. The van der Waals surface area contributed by atoms with E-state index in [1.807, 2.05) is 0 Å². The van der Waals surface area contributed by atoms with Gasteiger partial charge in [0, 0.05) is 44.2 Å². The van der Waals surface area contributed by atoms with Crippen molar-refractivity contribution in [3.05, 3.63) is 51.7 Å². The number of H-pyrrole nitrogens is 1. The Bertz CT molecular complexity index is 832. The van der Waals surface area contributed by atoms with E-state index in [0.29, 0.717) is 19.0 Å². The van der Waals surface area contributed by atoms with E-state index >= 15 is 0 Å². The Labute approximate surface area is 143 Å². The summed E-state index contributed by atoms with van der Waals surface area (Å²) in [6.45, 7) is 1.37. The van der Waals surface area contributed by atoms with Gasteiger partial charge in [-0.2, -0.15) is 0 Å². The summed E-state index contributed by atoms with van der Waals surface area (Å²) >= 11 is 0. The van der Waals surface area contributed by atoms with Gasteiger partial charge >= 0.3 is 5.69 Å². The number of ether oxygens (including phenoxy) is 1. The first-order valence-electron chi connectivity index (χ1n) is 8.12.